The average molecular weight is 365 g/mol. The van der Waals surface area contributed by atoms with Crippen molar-refractivity contribution in [1.29, 1.82) is 0 Å². The number of benzene rings is 2. The lowest BCUT2D eigenvalue weighted by Crippen LogP contribution is -2.47. The summed E-state index contributed by atoms with van der Waals surface area (Å²) in [6.45, 7) is 6.48. The zero-order chi connectivity index (χ0) is 19.2. The number of hydrogen-bond donors (Lipinski definition) is 0. The smallest absolute Gasteiger partial charge is 0.254 e. The van der Waals surface area contributed by atoms with Gasteiger partial charge in [0.15, 0.2) is 0 Å². The first-order valence-electron chi connectivity index (χ1n) is 9.49. The van der Waals surface area contributed by atoms with E-state index < -0.39 is 0 Å². The van der Waals surface area contributed by atoms with Crippen LogP contribution in [0.25, 0.3) is 0 Å². The molecular weight excluding hydrogens is 338 g/mol. The Bertz CT molecular complexity index is 766. The molecule has 0 bridgehead atoms. The summed E-state index contributed by atoms with van der Waals surface area (Å²) < 4.78 is 0. The van der Waals surface area contributed by atoms with Gasteiger partial charge in [-0.2, -0.15) is 0 Å². The minimum Gasteiger partial charge on any atom is -0.336 e. The highest BCUT2D eigenvalue weighted by Crippen LogP contribution is 2.13. The molecule has 0 radical (unpaired) electrons. The van der Waals surface area contributed by atoms with E-state index >= 15 is 0 Å². The van der Waals surface area contributed by atoms with Crippen LogP contribution in [0.2, 0.25) is 0 Å². The monoisotopic (exact) mass is 365 g/mol. The maximum absolute atomic E-state index is 12.8. The number of carbonyl (C=O) groups excluding carboxylic acids is 2. The normalized spacial score (nSPS) is 14.8. The third-order valence-corrected chi connectivity index (χ3v) is 5.05. The molecule has 0 aliphatic carbocycles. The highest BCUT2D eigenvalue weighted by molar-refractivity contribution is 5.97. The van der Waals surface area contributed by atoms with Gasteiger partial charge in [0.1, 0.15) is 0 Å². The molecule has 0 saturated carbocycles. The first-order chi connectivity index (χ1) is 13.1. The van der Waals surface area contributed by atoms with Gasteiger partial charge in [0, 0.05) is 50.4 Å². The molecule has 0 N–H and O–H groups in total. The molecule has 0 spiro atoms. The second-order valence-corrected chi connectivity index (χ2v) is 6.98. The van der Waals surface area contributed by atoms with E-state index in [1.165, 1.54) is 0 Å². The fourth-order valence-electron chi connectivity index (χ4n) is 3.26. The van der Waals surface area contributed by atoms with Crippen molar-refractivity contribution in [3.05, 3.63) is 71.3 Å². The van der Waals surface area contributed by atoms with Gasteiger partial charge in [-0.15, -0.1) is 0 Å². The molecule has 5 heteroatoms. The summed E-state index contributed by atoms with van der Waals surface area (Å²) in [6, 6.07) is 17.0. The van der Waals surface area contributed by atoms with Crippen molar-refractivity contribution in [3.63, 3.8) is 0 Å². The summed E-state index contributed by atoms with van der Waals surface area (Å²) in [5.41, 5.74) is 2.36. The van der Waals surface area contributed by atoms with E-state index in [0.717, 1.165) is 31.7 Å². The minimum atomic E-state index is -0.0139. The Balaban J connectivity index is 1.66. The molecule has 2 amide bonds. The van der Waals surface area contributed by atoms with Gasteiger partial charge in [0.2, 0.25) is 0 Å². The first-order valence-corrected chi connectivity index (χ1v) is 9.49. The zero-order valence-electron chi connectivity index (χ0n) is 16.1. The van der Waals surface area contributed by atoms with Gasteiger partial charge >= 0.3 is 0 Å². The lowest BCUT2D eigenvalue weighted by molar-refractivity contribution is 0.0662. The summed E-state index contributed by atoms with van der Waals surface area (Å²) in [7, 11) is 2.07. The SMILES string of the molecule is CCN(Cc1ccccc1)C(=O)c1ccc(C(=O)N2CCN(C)CC2)cc1. The molecule has 2 aromatic carbocycles. The predicted octanol–water partition coefficient (Wildman–Crippen LogP) is 2.74. The van der Waals surface area contributed by atoms with Crippen LogP contribution in [0.15, 0.2) is 54.6 Å². The third-order valence-electron chi connectivity index (χ3n) is 5.05. The second kappa shape index (κ2) is 8.82. The Labute approximate surface area is 161 Å². The Morgan fingerprint density at radius 2 is 1.48 bits per heavy atom. The Morgan fingerprint density at radius 1 is 0.889 bits per heavy atom. The van der Waals surface area contributed by atoms with Crippen LogP contribution >= 0.6 is 0 Å². The molecule has 1 heterocycles. The predicted molar refractivity (Wildman–Crippen MR) is 107 cm³/mol. The lowest BCUT2D eigenvalue weighted by atomic mass is 10.1. The summed E-state index contributed by atoms with van der Waals surface area (Å²) in [5, 5.41) is 0. The molecule has 27 heavy (non-hydrogen) atoms. The molecule has 0 aromatic heterocycles. The zero-order valence-corrected chi connectivity index (χ0v) is 16.1. The number of likely N-dealkylation sites (N-methyl/N-ethyl adjacent to an activating group) is 1. The number of piperazine rings is 1. The number of carbonyl (C=O) groups is 2. The standard InChI is InChI=1S/C22H27N3O2/c1-3-24(17-18-7-5-4-6-8-18)21(26)19-9-11-20(12-10-19)22(27)25-15-13-23(2)14-16-25/h4-12H,3,13-17H2,1-2H3. The molecular formula is C22H27N3O2. The molecule has 3 rings (SSSR count). The van der Waals surface area contributed by atoms with Gasteiger partial charge in [0.25, 0.3) is 11.8 Å². The topological polar surface area (TPSA) is 43.9 Å². The van der Waals surface area contributed by atoms with Gasteiger partial charge in [-0.25, -0.2) is 0 Å². The molecule has 1 fully saturated rings. The molecule has 2 aromatic rings. The van der Waals surface area contributed by atoms with Crippen molar-refractivity contribution in [2.24, 2.45) is 0 Å². The van der Waals surface area contributed by atoms with E-state index in [9.17, 15) is 9.59 Å². The largest absolute Gasteiger partial charge is 0.336 e. The van der Waals surface area contributed by atoms with Crippen LogP contribution in [0.4, 0.5) is 0 Å². The molecule has 5 nitrogen and oxygen atoms in total. The summed E-state index contributed by atoms with van der Waals surface area (Å²) in [5.74, 6) is 0.0266. The quantitative estimate of drug-likeness (QED) is 0.818. The Morgan fingerprint density at radius 3 is 2.07 bits per heavy atom. The van der Waals surface area contributed by atoms with Crippen molar-refractivity contribution in [1.82, 2.24) is 14.7 Å². The van der Waals surface area contributed by atoms with Crippen LogP contribution in [0.5, 0.6) is 0 Å². The molecule has 1 aliphatic heterocycles. The van der Waals surface area contributed by atoms with Crippen LogP contribution in [0.3, 0.4) is 0 Å². The number of amides is 2. The van der Waals surface area contributed by atoms with Crippen molar-refractivity contribution in [3.8, 4) is 0 Å². The van der Waals surface area contributed by atoms with Gasteiger partial charge in [-0.3, -0.25) is 9.59 Å². The van der Waals surface area contributed by atoms with E-state index in [2.05, 4.69) is 11.9 Å². The van der Waals surface area contributed by atoms with Crippen molar-refractivity contribution in [2.45, 2.75) is 13.5 Å². The van der Waals surface area contributed by atoms with Gasteiger partial charge in [-0.05, 0) is 43.8 Å². The molecule has 1 saturated heterocycles. The van der Waals surface area contributed by atoms with E-state index in [1.807, 2.05) is 47.1 Å². The van der Waals surface area contributed by atoms with Gasteiger partial charge in [-0.1, -0.05) is 30.3 Å². The maximum Gasteiger partial charge on any atom is 0.254 e. The lowest BCUT2D eigenvalue weighted by Gasteiger charge is -2.32. The summed E-state index contributed by atoms with van der Waals surface area (Å²) in [4.78, 5) is 31.4. The summed E-state index contributed by atoms with van der Waals surface area (Å²) >= 11 is 0. The molecule has 142 valence electrons. The molecule has 0 unspecified atom stereocenters. The fourth-order valence-corrected chi connectivity index (χ4v) is 3.26. The fraction of sp³-hybridized carbons (Fsp3) is 0.364. The van der Waals surface area contributed by atoms with Crippen LogP contribution < -0.4 is 0 Å². The Hall–Kier alpha value is -2.66. The van der Waals surface area contributed by atoms with Crippen molar-refractivity contribution < 1.29 is 9.59 Å². The average Bonchev–Trinajstić information content (AvgIpc) is 2.72. The number of nitrogens with zero attached hydrogens (tertiary/aromatic N) is 3. The highest BCUT2D eigenvalue weighted by atomic mass is 16.2. The minimum absolute atomic E-state index is 0.0139. The van der Waals surface area contributed by atoms with Gasteiger partial charge in [0.05, 0.1) is 0 Å². The second-order valence-electron chi connectivity index (χ2n) is 6.98. The van der Waals surface area contributed by atoms with Crippen molar-refractivity contribution >= 4 is 11.8 Å². The number of hydrogen-bond acceptors (Lipinski definition) is 3. The molecule has 0 atom stereocenters. The first kappa shape index (κ1) is 19.1. The third kappa shape index (κ3) is 4.74. The van der Waals surface area contributed by atoms with E-state index in [-0.39, 0.29) is 11.8 Å². The van der Waals surface area contributed by atoms with E-state index in [4.69, 9.17) is 0 Å². The molecule has 1 aliphatic rings. The van der Waals surface area contributed by atoms with E-state index in [1.54, 1.807) is 24.3 Å². The maximum atomic E-state index is 12.8. The van der Waals surface area contributed by atoms with E-state index in [0.29, 0.717) is 24.2 Å². The van der Waals surface area contributed by atoms with Crippen LogP contribution in [-0.4, -0.2) is 66.3 Å². The van der Waals surface area contributed by atoms with Gasteiger partial charge < -0.3 is 14.7 Å². The number of rotatable bonds is 5. The van der Waals surface area contributed by atoms with Crippen LogP contribution in [0.1, 0.15) is 33.2 Å². The van der Waals surface area contributed by atoms with Crippen LogP contribution in [0, 0.1) is 0 Å². The van der Waals surface area contributed by atoms with Crippen molar-refractivity contribution in [2.75, 3.05) is 39.8 Å². The highest BCUT2D eigenvalue weighted by Gasteiger charge is 2.21. The summed E-state index contributed by atoms with van der Waals surface area (Å²) in [6.07, 6.45) is 0. The Kier molecular flexibility index (Phi) is 6.24. The van der Waals surface area contributed by atoms with Crippen LogP contribution in [-0.2, 0) is 6.54 Å².